The molecule has 0 aliphatic heterocycles. The minimum Gasteiger partial charge on any atom is -0.462 e. The van der Waals surface area contributed by atoms with E-state index < -0.39 is 6.10 Å². The maximum Gasteiger partial charge on any atom is 0.306 e. The van der Waals surface area contributed by atoms with Gasteiger partial charge in [0.1, 0.15) is 13.2 Å². The second-order valence-electron chi connectivity index (χ2n) is 19.5. The summed E-state index contributed by atoms with van der Waals surface area (Å²) >= 11 is 0. The molecule has 0 bridgehead atoms. The highest BCUT2D eigenvalue weighted by Gasteiger charge is 2.19. The van der Waals surface area contributed by atoms with Crippen molar-refractivity contribution >= 4 is 17.9 Å². The van der Waals surface area contributed by atoms with Crippen molar-refractivity contribution in [2.24, 2.45) is 0 Å². The summed E-state index contributed by atoms with van der Waals surface area (Å²) in [6.07, 6.45) is 81.1. The van der Waals surface area contributed by atoms with Gasteiger partial charge in [0.05, 0.1) is 0 Å². The van der Waals surface area contributed by atoms with Crippen molar-refractivity contribution in [1.29, 1.82) is 0 Å². The van der Waals surface area contributed by atoms with Gasteiger partial charge in [-0.1, -0.05) is 271 Å². The van der Waals surface area contributed by atoms with E-state index in [1.165, 1.54) is 122 Å². The van der Waals surface area contributed by atoms with Crippen LogP contribution >= 0.6 is 0 Å². The topological polar surface area (TPSA) is 78.9 Å². The van der Waals surface area contributed by atoms with Crippen molar-refractivity contribution in [3.05, 3.63) is 109 Å². The van der Waals surface area contributed by atoms with Gasteiger partial charge in [0.2, 0.25) is 0 Å². The van der Waals surface area contributed by atoms with Crippen LogP contribution in [0.2, 0.25) is 0 Å². The van der Waals surface area contributed by atoms with Crippen LogP contribution in [0.4, 0.5) is 0 Å². The first kappa shape index (κ1) is 68.1. The average Bonchev–Trinajstić information content (AvgIpc) is 3.38. The Morgan fingerprint density at radius 3 is 0.931 bits per heavy atom. The Bertz CT molecular complexity index is 1470. The van der Waals surface area contributed by atoms with Gasteiger partial charge >= 0.3 is 17.9 Å². The molecule has 6 heteroatoms. The molecule has 0 heterocycles. The van der Waals surface area contributed by atoms with Gasteiger partial charge in [0.25, 0.3) is 0 Å². The zero-order valence-corrected chi connectivity index (χ0v) is 46.9. The lowest BCUT2D eigenvalue weighted by Crippen LogP contribution is -2.30. The zero-order chi connectivity index (χ0) is 52.2. The first-order valence-corrected chi connectivity index (χ1v) is 29.9. The van der Waals surface area contributed by atoms with Crippen molar-refractivity contribution in [2.45, 2.75) is 277 Å². The molecule has 0 aliphatic carbocycles. The summed E-state index contributed by atoms with van der Waals surface area (Å²) in [6, 6.07) is 0. The summed E-state index contributed by atoms with van der Waals surface area (Å²) in [5, 5.41) is 0. The molecule has 0 fully saturated rings. The van der Waals surface area contributed by atoms with E-state index >= 15 is 0 Å². The first-order valence-electron chi connectivity index (χ1n) is 29.9. The van der Waals surface area contributed by atoms with Crippen LogP contribution in [0.3, 0.4) is 0 Å². The zero-order valence-electron chi connectivity index (χ0n) is 46.9. The highest BCUT2D eigenvalue weighted by Crippen LogP contribution is 2.16. The number of rotatable bonds is 53. The van der Waals surface area contributed by atoms with Crippen LogP contribution < -0.4 is 0 Å². The van der Waals surface area contributed by atoms with Crippen LogP contribution in [0.1, 0.15) is 271 Å². The largest absolute Gasteiger partial charge is 0.462 e. The van der Waals surface area contributed by atoms with Crippen molar-refractivity contribution in [3.63, 3.8) is 0 Å². The second-order valence-corrected chi connectivity index (χ2v) is 19.5. The van der Waals surface area contributed by atoms with Crippen LogP contribution in [-0.2, 0) is 28.6 Å². The number of allylic oxidation sites excluding steroid dienone is 18. The van der Waals surface area contributed by atoms with Gasteiger partial charge < -0.3 is 14.2 Å². The fraction of sp³-hybridized carbons (Fsp3) is 0.682. The molecular weight excluding hydrogens is 889 g/mol. The molecule has 0 aromatic heterocycles. The van der Waals surface area contributed by atoms with Gasteiger partial charge in [-0.05, 0) is 89.9 Å². The molecule has 0 saturated heterocycles. The van der Waals surface area contributed by atoms with E-state index in [-0.39, 0.29) is 44.0 Å². The minimum atomic E-state index is -0.825. The van der Waals surface area contributed by atoms with E-state index in [9.17, 15) is 14.4 Å². The van der Waals surface area contributed by atoms with Crippen molar-refractivity contribution < 1.29 is 28.6 Å². The van der Waals surface area contributed by atoms with Crippen LogP contribution in [0, 0.1) is 0 Å². The van der Waals surface area contributed by atoms with Crippen LogP contribution in [0.25, 0.3) is 0 Å². The lowest BCUT2D eigenvalue weighted by atomic mass is 10.0. The molecule has 1 atom stereocenters. The highest BCUT2D eigenvalue weighted by molar-refractivity contribution is 5.71. The molecule has 0 rings (SSSR count). The van der Waals surface area contributed by atoms with E-state index in [4.69, 9.17) is 14.2 Å². The predicted molar refractivity (Wildman–Crippen MR) is 311 cm³/mol. The monoisotopic (exact) mass is 999 g/mol. The molecular formula is C66H110O6. The van der Waals surface area contributed by atoms with Gasteiger partial charge in [-0.2, -0.15) is 0 Å². The Morgan fingerprint density at radius 1 is 0.292 bits per heavy atom. The SMILES string of the molecule is CC/C=C\C/C=C\C/C=C\C/C=C\C/C=C\CCCCCC(=O)OC(COC(=O)CC/C=C\C/C=C\C/C=C\C/C=C\CC)COC(=O)CCCCCCCCCCCCCCCCCCCCCCCC. The molecule has 0 amide bonds. The fourth-order valence-corrected chi connectivity index (χ4v) is 8.13. The quantitative estimate of drug-likeness (QED) is 0.0261. The number of ether oxygens (including phenoxy) is 3. The van der Waals surface area contributed by atoms with Gasteiger partial charge in [0.15, 0.2) is 6.10 Å². The molecule has 0 aromatic rings. The molecule has 0 spiro atoms. The maximum absolute atomic E-state index is 12.9. The summed E-state index contributed by atoms with van der Waals surface area (Å²) in [7, 11) is 0. The summed E-state index contributed by atoms with van der Waals surface area (Å²) < 4.78 is 16.8. The third-order valence-electron chi connectivity index (χ3n) is 12.5. The molecule has 0 aliphatic rings. The summed E-state index contributed by atoms with van der Waals surface area (Å²) in [6.45, 7) is 6.34. The predicted octanol–water partition coefficient (Wildman–Crippen LogP) is 20.3. The number of carbonyl (C=O) groups is 3. The molecule has 6 nitrogen and oxygen atoms in total. The summed E-state index contributed by atoms with van der Waals surface area (Å²) in [4.78, 5) is 38.1. The number of hydrogen-bond acceptors (Lipinski definition) is 6. The van der Waals surface area contributed by atoms with Gasteiger partial charge in [-0.3, -0.25) is 14.4 Å². The fourth-order valence-electron chi connectivity index (χ4n) is 8.13. The van der Waals surface area contributed by atoms with Crippen LogP contribution in [0.15, 0.2) is 109 Å². The molecule has 1 unspecified atom stereocenters. The normalized spacial score (nSPS) is 12.9. The minimum absolute atomic E-state index is 0.113. The average molecular weight is 1000 g/mol. The third kappa shape index (κ3) is 57.0. The first-order chi connectivity index (χ1) is 35.5. The van der Waals surface area contributed by atoms with Crippen LogP contribution in [0.5, 0.6) is 0 Å². The van der Waals surface area contributed by atoms with E-state index in [2.05, 4.69) is 118 Å². The summed E-state index contributed by atoms with van der Waals surface area (Å²) in [5.74, 6) is -1.03. The van der Waals surface area contributed by atoms with E-state index in [1.54, 1.807) is 0 Å². The number of carbonyl (C=O) groups excluding carboxylic acids is 3. The molecule has 0 aromatic carbocycles. The van der Waals surface area contributed by atoms with Crippen LogP contribution in [-0.4, -0.2) is 37.2 Å². The Morgan fingerprint density at radius 2 is 0.569 bits per heavy atom. The van der Waals surface area contributed by atoms with E-state index in [1.807, 2.05) is 12.2 Å². The highest BCUT2D eigenvalue weighted by atomic mass is 16.6. The number of esters is 3. The maximum atomic E-state index is 12.9. The van der Waals surface area contributed by atoms with Crippen molar-refractivity contribution in [1.82, 2.24) is 0 Å². The van der Waals surface area contributed by atoms with Crippen molar-refractivity contribution in [3.8, 4) is 0 Å². The second kappa shape index (κ2) is 59.6. The van der Waals surface area contributed by atoms with Gasteiger partial charge in [-0.25, -0.2) is 0 Å². The van der Waals surface area contributed by atoms with Gasteiger partial charge in [-0.15, -0.1) is 0 Å². The Labute approximate surface area is 444 Å². The molecule has 0 saturated carbocycles. The Hall–Kier alpha value is -3.93. The third-order valence-corrected chi connectivity index (χ3v) is 12.5. The standard InChI is InChI=1S/C66H110O6/c1-4-7-10-13-16-19-22-25-27-29-31-32-33-35-36-38-41-44-47-50-53-56-59-65(68)71-62-63(61-70-64(67)58-55-52-49-46-43-40-24-21-18-15-12-9-6-3)72-66(69)60-57-54-51-48-45-42-39-37-34-30-28-26-23-20-17-14-11-8-5-2/h8-9,11-12,17-18,20-21,26,28,34,37,40,42-43,45,49,52,63H,4-7,10,13-16,19,22-25,27,29-33,35-36,38-39,41,44,46-48,50-51,53-62H2,1-3H3/b11-8-,12-9-,20-17-,21-18-,28-26-,37-34-,43-40-,45-42-,52-49-. The molecule has 0 radical (unpaired) electrons. The van der Waals surface area contributed by atoms with Crippen molar-refractivity contribution in [2.75, 3.05) is 13.2 Å². The van der Waals surface area contributed by atoms with E-state index in [0.29, 0.717) is 19.3 Å². The lowest BCUT2D eigenvalue weighted by molar-refractivity contribution is -0.166. The lowest BCUT2D eigenvalue weighted by Gasteiger charge is -2.18. The number of unbranched alkanes of at least 4 members (excludes halogenated alkanes) is 24. The van der Waals surface area contributed by atoms with E-state index in [0.717, 1.165) is 96.3 Å². The smallest absolute Gasteiger partial charge is 0.306 e. The van der Waals surface area contributed by atoms with Gasteiger partial charge in [0, 0.05) is 19.3 Å². The molecule has 410 valence electrons. The Balaban J connectivity index is 4.43. The Kier molecular flexibility index (Phi) is 56.4. The number of hydrogen-bond donors (Lipinski definition) is 0. The molecule has 72 heavy (non-hydrogen) atoms. The summed E-state index contributed by atoms with van der Waals surface area (Å²) in [5.41, 5.74) is 0. The molecule has 0 N–H and O–H groups in total.